The lowest BCUT2D eigenvalue weighted by molar-refractivity contribution is -0.384. The molecule has 1 saturated heterocycles. The Kier molecular flexibility index (Phi) is 5.22. The molecule has 29 heavy (non-hydrogen) atoms. The Morgan fingerprint density at radius 3 is 2.62 bits per heavy atom. The number of nitro groups is 1. The van der Waals surface area contributed by atoms with E-state index in [1.54, 1.807) is 19.2 Å². The highest BCUT2D eigenvalue weighted by atomic mass is 32.2. The predicted octanol–water partition coefficient (Wildman–Crippen LogP) is 2.88. The number of fused-ring (bicyclic) bond motifs is 1. The van der Waals surface area contributed by atoms with Crippen molar-refractivity contribution in [3.63, 3.8) is 0 Å². The number of hydrogen-bond acceptors (Lipinski definition) is 8. The van der Waals surface area contributed by atoms with Gasteiger partial charge in [0.15, 0.2) is 15.0 Å². The Hall–Kier alpha value is -2.59. The first-order valence-electron chi connectivity index (χ1n) is 8.94. The van der Waals surface area contributed by atoms with Gasteiger partial charge in [0.05, 0.1) is 41.3 Å². The summed E-state index contributed by atoms with van der Waals surface area (Å²) in [5, 5.41) is 11.6. The number of para-hydroxylation sites is 2. The first-order valence-corrected chi connectivity index (χ1v) is 11.8. The molecule has 0 aromatic heterocycles. The number of methoxy groups -OCH3 is 1. The summed E-state index contributed by atoms with van der Waals surface area (Å²) in [6.45, 7) is 0. The standard InChI is InChI=1S/C19H19N3O5S2/c1-27-18-5-3-2-4-16(18)21-17-12-29(25,26)11-15(17)20-19(21)28-10-13-6-8-14(9-7-13)22(23)24/h2-9,15,17H,10-12H2,1H3/t15-,17-/m0/s1. The number of non-ortho nitro benzene ring substituents is 1. The van der Waals surface area contributed by atoms with E-state index >= 15 is 0 Å². The van der Waals surface area contributed by atoms with Crippen molar-refractivity contribution >= 4 is 38.1 Å². The topological polar surface area (TPSA) is 102 Å². The average Bonchev–Trinajstić information content (AvgIpc) is 3.17. The zero-order valence-electron chi connectivity index (χ0n) is 15.6. The lowest BCUT2D eigenvalue weighted by atomic mass is 10.1. The zero-order chi connectivity index (χ0) is 20.6. The van der Waals surface area contributed by atoms with Crippen LogP contribution in [0.2, 0.25) is 0 Å². The minimum atomic E-state index is -3.13. The van der Waals surface area contributed by atoms with Crippen LogP contribution >= 0.6 is 11.8 Å². The maximum absolute atomic E-state index is 12.2. The van der Waals surface area contributed by atoms with Gasteiger partial charge in [0.25, 0.3) is 5.69 Å². The van der Waals surface area contributed by atoms with Gasteiger partial charge in [-0.15, -0.1) is 0 Å². The number of aliphatic imine (C=N–C) groups is 1. The average molecular weight is 434 g/mol. The summed E-state index contributed by atoms with van der Waals surface area (Å²) in [4.78, 5) is 17.1. The van der Waals surface area contributed by atoms with Gasteiger partial charge in [-0.3, -0.25) is 15.1 Å². The van der Waals surface area contributed by atoms with Gasteiger partial charge in [-0.05, 0) is 17.7 Å². The molecule has 0 saturated carbocycles. The molecule has 4 rings (SSSR count). The van der Waals surface area contributed by atoms with Crippen LogP contribution in [-0.2, 0) is 15.6 Å². The number of benzene rings is 2. The van der Waals surface area contributed by atoms with Gasteiger partial charge in [-0.25, -0.2) is 8.42 Å². The van der Waals surface area contributed by atoms with Crippen LogP contribution in [0.5, 0.6) is 5.75 Å². The number of sulfone groups is 1. The molecule has 8 nitrogen and oxygen atoms in total. The molecule has 0 N–H and O–H groups in total. The van der Waals surface area contributed by atoms with E-state index in [0.29, 0.717) is 11.5 Å². The first kappa shape index (κ1) is 19.7. The zero-order valence-corrected chi connectivity index (χ0v) is 17.2. The molecule has 2 heterocycles. The summed E-state index contributed by atoms with van der Waals surface area (Å²) < 4.78 is 29.8. The van der Waals surface area contributed by atoms with Crippen LogP contribution in [0.1, 0.15) is 5.56 Å². The summed E-state index contributed by atoms with van der Waals surface area (Å²) in [6, 6.07) is 13.3. The number of nitrogens with zero attached hydrogens (tertiary/aromatic N) is 3. The number of amidine groups is 1. The van der Waals surface area contributed by atoms with Gasteiger partial charge in [0.2, 0.25) is 0 Å². The highest BCUT2D eigenvalue weighted by molar-refractivity contribution is 8.13. The quantitative estimate of drug-likeness (QED) is 0.528. The molecule has 0 aliphatic carbocycles. The second kappa shape index (κ2) is 7.68. The van der Waals surface area contributed by atoms with E-state index in [2.05, 4.69) is 0 Å². The van der Waals surface area contributed by atoms with Crippen LogP contribution in [0.3, 0.4) is 0 Å². The highest BCUT2D eigenvalue weighted by Crippen LogP contribution is 2.39. The normalized spacial score (nSPS) is 22.2. The van der Waals surface area contributed by atoms with Crippen molar-refractivity contribution in [1.82, 2.24) is 0 Å². The minimum absolute atomic E-state index is 0.0465. The van der Waals surface area contributed by atoms with E-state index in [-0.39, 0.29) is 29.3 Å². The van der Waals surface area contributed by atoms with E-state index < -0.39 is 14.8 Å². The van der Waals surface area contributed by atoms with Gasteiger partial charge < -0.3 is 9.64 Å². The third kappa shape index (κ3) is 3.95. The molecule has 0 radical (unpaired) electrons. The largest absolute Gasteiger partial charge is 0.495 e. The van der Waals surface area contributed by atoms with Crippen LogP contribution in [0.15, 0.2) is 53.5 Å². The number of anilines is 1. The maximum atomic E-state index is 12.2. The second-order valence-corrected chi connectivity index (χ2v) is 9.97. The van der Waals surface area contributed by atoms with E-state index in [1.807, 2.05) is 29.2 Å². The van der Waals surface area contributed by atoms with Crippen LogP contribution in [0.4, 0.5) is 11.4 Å². The summed E-state index contributed by atoms with van der Waals surface area (Å²) in [7, 11) is -1.55. The van der Waals surface area contributed by atoms with Crippen molar-refractivity contribution in [2.45, 2.75) is 17.8 Å². The van der Waals surface area contributed by atoms with Crippen molar-refractivity contribution in [2.24, 2.45) is 4.99 Å². The molecule has 1 fully saturated rings. The molecule has 2 atom stereocenters. The third-order valence-electron chi connectivity index (χ3n) is 4.97. The Morgan fingerprint density at radius 1 is 1.21 bits per heavy atom. The van der Waals surface area contributed by atoms with E-state index in [9.17, 15) is 18.5 Å². The summed E-state index contributed by atoms with van der Waals surface area (Å²) in [5.74, 6) is 1.32. The lowest BCUT2D eigenvalue weighted by Crippen LogP contribution is -2.39. The summed E-state index contributed by atoms with van der Waals surface area (Å²) in [6.07, 6.45) is 0. The summed E-state index contributed by atoms with van der Waals surface area (Å²) >= 11 is 1.49. The SMILES string of the molecule is COc1ccccc1N1C(SCc2ccc([N+](=O)[O-])cc2)=N[C@H]2CS(=O)(=O)C[C@@H]21. The third-order valence-corrected chi connectivity index (χ3v) is 7.70. The molecule has 0 bridgehead atoms. The maximum Gasteiger partial charge on any atom is 0.269 e. The van der Waals surface area contributed by atoms with Gasteiger partial charge in [0, 0.05) is 17.9 Å². The number of rotatable bonds is 5. The molecular formula is C19H19N3O5S2. The smallest absolute Gasteiger partial charge is 0.269 e. The van der Waals surface area contributed by atoms with Gasteiger partial charge in [0.1, 0.15) is 5.75 Å². The fraction of sp³-hybridized carbons (Fsp3) is 0.316. The van der Waals surface area contributed by atoms with Crippen molar-refractivity contribution in [2.75, 3.05) is 23.5 Å². The van der Waals surface area contributed by atoms with Crippen molar-refractivity contribution < 1.29 is 18.1 Å². The summed E-state index contributed by atoms with van der Waals surface area (Å²) in [5.41, 5.74) is 1.76. The second-order valence-electron chi connectivity index (χ2n) is 6.88. The van der Waals surface area contributed by atoms with E-state index in [0.717, 1.165) is 16.4 Å². The first-order chi connectivity index (χ1) is 13.9. The Balaban J connectivity index is 1.61. The number of nitro benzene ring substituents is 1. The number of ether oxygens (including phenoxy) is 1. The molecule has 2 aliphatic heterocycles. The molecule has 2 aromatic rings. The van der Waals surface area contributed by atoms with Gasteiger partial charge in [-0.1, -0.05) is 36.0 Å². The minimum Gasteiger partial charge on any atom is -0.495 e. The monoisotopic (exact) mass is 433 g/mol. The van der Waals surface area contributed by atoms with Crippen molar-refractivity contribution in [1.29, 1.82) is 0 Å². The van der Waals surface area contributed by atoms with Crippen LogP contribution in [0.25, 0.3) is 0 Å². The molecule has 0 amide bonds. The Morgan fingerprint density at radius 2 is 1.93 bits per heavy atom. The number of hydrogen-bond donors (Lipinski definition) is 0. The van der Waals surface area contributed by atoms with Crippen LogP contribution in [0, 0.1) is 10.1 Å². The molecule has 0 spiro atoms. The molecule has 2 aromatic carbocycles. The highest BCUT2D eigenvalue weighted by Gasteiger charge is 2.47. The van der Waals surface area contributed by atoms with E-state index in [4.69, 9.17) is 9.73 Å². The van der Waals surface area contributed by atoms with Crippen molar-refractivity contribution in [3.8, 4) is 5.75 Å². The molecular weight excluding hydrogens is 414 g/mol. The fourth-order valence-corrected chi connectivity index (χ4v) is 6.52. The number of thioether (sulfide) groups is 1. The Labute approximate surface area is 172 Å². The fourth-order valence-electron chi connectivity index (χ4n) is 3.61. The predicted molar refractivity (Wildman–Crippen MR) is 114 cm³/mol. The van der Waals surface area contributed by atoms with Crippen LogP contribution in [-0.4, -0.2) is 49.2 Å². The van der Waals surface area contributed by atoms with Crippen LogP contribution < -0.4 is 9.64 Å². The molecule has 152 valence electrons. The van der Waals surface area contributed by atoms with Gasteiger partial charge in [-0.2, -0.15) is 0 Å². The lowest BCUT2D eigenvalue weighted by Gasteiger charge is -2.27. The molecule has 10 heteroatoms. The Bertz CT molecular complexity index is 1070. The molecule has 2 aliphatic rings. The van der Waals surface area contributed by atoms with Gasteiger partial charge >= 0.3 is 0 Å². The molecule has 0 unspecified atom stereocenters. The van der Waals surface area contributed by atoms with E-state index in [1.165, 1.54) is 23.9 Å². The van der Waals surface area contributed by atoms with Crippen molar-refractivity contribution in [3.05, 3.63) is 64.2 Å².